The molecule has 2 aromatic rings. The molecule has 1 saturated heterocycles. The van der Waals surface area contributed by atoms with E-state index in [4.69, 9.17) is 4.74 Å². The van der Waals surface area contributed by atoms with Crippen molar-refractivity contribution in [2.75, 3.05) is 6.61 Å². The molecule has 2 aliphatic rings. The summed E-state index contributed by atoms with van der Waals surface area (Å²) in [6.07, 6.45) is 0. The smallest absolute Gasteiger partial charge is 0.311 e. The van der Waals surface area contributed by atoms with Gasteiger partial charge in [-0.15, -0.1) is 0 Å². The number of carbonyl (C=O) groups is 1. The minimum atomic E-state index is -0.322. The van der Waals surface area contributed by atoms with Crippen LogP contribution in [0.3, 0.4) is 0 Å². The van der Waals surface area contributed by atoms with Crippen molar-refractivity contribution in [3.8, 4) is 0 Å². The first-order valence-corrected chi connectivity index (χ1v) is 8.15. The minimum absolute atomic E-state index is 0.00898. The van der Waals surface area contributed by atoms with Gasteiger partial charge in [-0.05, 0) is 17.7 Å². The number of aromatic amines is 1. The number of cyclic esters (lactones) is 1. The van der Waals surface area contributed by atoms with E-state index < -0.39 is 0 Å². The number of benzene rings is 1. The lowest BCUT2D eigenvalue weighted by Gasteiger charge is -2.29. The number of thioether (sulfide) groups is 1. The second-order valence-corrected chi connectivity index (χ2v) is 7.31. The number of hydrogen-bond donors (Lipinski definition) is 1. The molecule has 108 valence electrons. The third-order valence-electron chi connectivity index (χ3n) is 3.84. The highest BCUT2D eigenvalue weighted by molar-refractivity contribution is 8.00. The molecule has 0 radical (unpaired) electrons. The van der Waals surface area contributed by atoms with E-state index in [1.807, 2.05) is 0 Å². The molecule has 1 aromatic heterocycles. The number of esters is 1. The lowest BCUT2D eigenvalue weighted by Crippen LogP contribution is -2.29. The number of H-pyrrole nitrogens is 1. The molecule has 7 heteroatoms. The number of nitrogens with one attached hydrogen (secondary N) is 1. The molecule has 4 nitrogen and oxygen atoms in total. The minimum Gasteiger partial charge on any atom is -0.464 e. The molecule has 3 heterocycles. The van der Waals surface area contributed by atoms with Gasteiger partial charge in [0.2, 0.25) is 0 Å². The molecule has 0 spiro atoms. The summed E-state index contributed by atoms with van der Waals surface area (Å²) < 4.78 is 18.3. The molecule has 0 amide bonds. The molecule has 4 rings (SSSR count). The quantitative estimate of drug-likeness (QED) is 0.819. The standard InChI is InChI=1S/C14H10FNO3S2/c15-7-3-1-6(2-4-7)9-10-8(5-19-13(10)17)20-12-11(9)21-14(18)16-12/h1-4,8-10H,5H2,(H,16,18)/t8-,9-,10+/m0/s1. The van der Waals surface area contributed by atoms with E-state index in [1.165, 1.54) is 23.9 Å². The van der Waals surface area contributed by atoms with Crippen molar-refractivity contribution in [2.24, 2.45) is 5.92 Å². The Morgan fingerprint density at radius 3 is 2.76 bits per heavy atom. The number of rotatable bonds is 1. The first kappa shape index (κ1) is 13.1. The second kappa shape index (κ2) is 4.71. The van der Waals surface area contributed by atoms with Crippen molar-refractivity contribution < 1.29 is 13.9 Å². The molecule has 0 saturated carbocycles. The van der Waals surface area contributed by atoms with Gasteiger partial charge in [-0.2, -0.15) is 0 Å². The molecule has 21 heavy (non-hydrogen) atoms. The SMILES string of the molecule is O=C1OC[C@@H]2Sc3[nH]c(=O)sc3[C@@H](c3ccc(F)cc3)[C@H]12. The summed E-state index contributed by atoms with van der Waals surface area (Å²) in [6, 6.07) is 6.10. The van der Waals surface area contributed by atoms with Gasteiger partial charge in [-0.25, -0.2) is 4.39 Å². The fourth-order valence-corrected chi connectivity index (χ4v) is 5.42. The van der Waals surface area contributed by atoms with Crippen molar-refractivity contribution in [1.29, 1.82) is 0 Å². The van der Waals surface area contributed by atoms with Gasteiger partial charge in [0.15, 0.2) is 0 Å². The van der Waals surface area contributed by atoms with Crippen molar-refractivity contribution in [2.45, 2.75) is 16.2 Å². The van der Waals surface area contributed by atoms with Crippen molar-refractivity contribution in [3.05, 3.63) is 50.2 Å². The number of aromatic nitrogens is 1. The monoisotopic (exact) mass is 323 g/mol. The largest absolute Gasteiger partial charge is 0.464 e. The first-order valence-electron chi connectivity index (χ1n) is 6.45. The van der Waals surface area contributed by atoms with E-state index in [1.54, 1.807) is 12.1 Å². The number of halogens is 1. The summed E-state index contributed by atoms with van der Waals surface area (Å²) in [5.74, 6) is -1.13. The summed E-state index contributed by atoms with van der Waals surface area (Å²) in [6.45, 7) is 0.350. The van der Waals surface area contributed by atoms with Gasteiger partial charge in [-0.1, -0.05) is 35.2 Å². The molecule has 0 aliphatic carbocycles. The second-order valence-electron chi connectivity index (χ2n) is 5.05. The Morgan fingerprint density at radius 1 is 1.24 bits per heavy atom. The fraction of sp³-hybridized carbons (Fsp3) is 0.286. The van der Waals surface area contributed by atoms with E-state index in [0.29, 0.717) is 6.61 Å². The summed E-state index contributed by atoms with van der Waals surface area (Å²) in [4.78, 5) is 27.3. The zero-order valence-corrected chi connectivity index (χ0v) is 12.3. The van der Waals surface area contributed by atoms with Crippen LogP contribution in [0.2, 0.25) is 0 Å². The third-order valence-corrected chi connectivity index (χ3v) is 6.23. The van der Waals surface area contributed by atoms with Crippen LogP contribution in [0.1, 0.15) is 16.4 Å². The van der Waals surface area contributed by atoms with E-state index in [-0.39, 0.29) is 33.7 Å². The zero-order valence-electron chi connectivity index (χ0n) is 10.7. The highest BCUT2D eigenvalue weighted by Crippen LogP contribution is 2.51. The normalized spacial score (nSPS) is 27.1. The zero-order chi connectivity index (χ0) is 14.6. The number of carbonyl (C=O) groups excluding carboxylic acids is 1. The molecule has 1 aromatic carbocycles. The maximum Gasteiger partial charge on any atom is 0.311 e. The Hall–Kier alpha value is -1.60. The molecular formula is C14H10FNO3S2. The Balaban J connectivity index is 1.89. The van der Waals surface area contributed by atoms with Crippen LogP contribution < -0.4 is 4.87 Å². The van der Waals surface area contributed by atoms with Crippen molar-refractivity contribution in [3.63, 3.8) is 0 Å². The van der Waals surface area contributed by atoms with E-state index in [9.17, 15) is 14.0 Å². The molecule has 1 N–H and O–H groups in total. The van der Waals surface area contributed by atoms with Crippen LogP contribution in [0.25, 0.3) is 0 Å². The van der Waals surface area contributed by atoms with Crippen LogP contribution in [-0.4, -0.2) is 22.8 Å². The number of ether oxygens (including phenoxy) is 1. The number of hydrogen-bond acceptors (Lipinski definition) is 5. The third kappa shape index (κ3) is 2.03. The van der Waals surface area contributed by atoms with Crippen LogP contribution in [0.15, 0.2) is 34.1 Å². The highest BCUT2D eigenvalue weighted by Gasteiger charge is 2.49. The van der Waals surface area contributed by atoms with Crippen LogP contribution in [0.5, 0.6) is 0 Å². The van der Waals surface area contributed by atoms with Crippen LogP contribution in [0.4, 0.5) is 4.39 Å². The lowest BCUT2D eigenvalue weighted by molar-refractivity contribution is -0.141. The topological polar surface area (TPSA) is 59.2 Å². The maximum absolute atomic E-state index is 13.1. The van der Waals surface area contributed by atoms with Gasteiger partial charge in [-0.3, -0.25) is 9.59 Å². The Bertz CT molecular complexity index is 767. The predicted molar refractivity (Wildman–Crippen MR) is 77.3 cm³/mol. The van der Waals surface area contributed by atoms with Crippen LogP contribution in [-0.2, 0) is 9.53 Å². The summed E-state index contributed by atoms with van der Waals surface area (Å²) >= 11 is 2.60. The van der Waals surface area contributed by atoms with Gasteiger partial charge in [0.1, 0.15) is 12.4 Å². The maximum atomic E-state index is 13.1. The van der Waals surface area contributed by atoms with Gasteiger partial charge in [0.25, 0.3) is 0 Å². The van der Waals surface area contributed by atoms with Crippen LogP contribution in [0, 0.1) is 11.7 Å². The van der Waals surface area contributed by atoms with E-state index >= 15 is 0 Å². The molecule has 1 fully saturated rings. The average Bonchev–Trinajstić information content (AvgIpc) is 3.00. The molecule has 3 atom stereocenters. The highest BCUT2D eigenvalue weighted by atomic mass is 32.2. The molecular weight excluding hydrogens is 313 g/mol. The van der Waals surface area contributed by atoms with Gasteiger partial charge in [0.05, 0.1) is 16.2 Å². The van der Waals surface area contributed by atoms with Crippen molar-refractivity contribution >= 4 is 29.1 Å². The number of fused-ring (bicyclic) bond motifs is 2. The Morgan fingerprint density at radius 2 is 2.00 bits per heavy atom. The Kier molecular flexibility index (Phi) is 2.93. The van der Waals surface area contributed by atoms with Crippen molar-refractivity contribution in [1.82, 2.24) is 4.98 Å². The average molecular weight is 323 g/mol. The Labute approximate surface area is 127 Å². The molecule has 0 bridgehead atoms. The lowest BCUT2D eigenvalue weighted by atomic mass is 9.83. The van der Waals surface area contributed by atoms with Gasteiger partial charge >= 0.3 is 10.8 Å². The molecule has 2 aliphatic heterocycles. The van der Waals surface area contributed by atoms with E-state index in [2.05, 4.69) is 4.98 Å². The summed E-state index contributed by atoms with van der Waals surface area (Å²) in [5, 5.41) is 0.796. The first-order chi connectivity index (χ1) is 10.1. The summed E-state index contributed by atoms with van der Waals surface area (Å²) in [7, 11) is 0. The van der Waals surface area contributed by atoms with Gasteiger partial charge in [0, 0.05) is 10.8 Å². The predicted octanol–water partition coefficient (Wildman–Crippen LogP) is 2.35. The number of thiazole rings is 1. The fourth-order valence-electron chi connectivity index (χ4n) is 2.94. The van der Waals surface area contributed by atoms with E-state index in [0.717, 1.165) is 26.8 Å². The molecule has 0 unspecified atom stereocenters. The van der Waals surface area contributed by atoms with Gasteiger partial charge < -0.3 is 9.72 Å². The summed E-state index contributed by atoms with van der Waals surface area (Å²) in [5.41, 5.74) is 0.835. The van der Waals surface area contributed by atoms with Crippen LogP contribution >= 0.6 is 23.1 Å².